The van der Waals surface area contributed by atoms with Gasteiger partial charge in [0, 0.05) is 25.8 Å². The fourth-order valence-corrected chi connectivity index (χ4v) is 2.32. The van der Waals surface area contributed by atoms with E-state index in [4.69, 9.17) is 4.74 Å². The summed E-state index contributed by atoms with van der Waals surface area (Å²) >= 11 is 0. The van der Waals surface area contributed by atoms with Crippen LogP contribution in [0.4, 0.5) is 0 Å². The van der Waals surface area contributed by atoms with E-state index >= 15 is 0 Å². The largest absolute Gasteiger partial charge is 0.395 e. The molecular weight excluding hydrogens is 278 g/mol. The molecule has 2 aromatic rings. The zero-order chi connectivity index (χ0) is 15.8. The Kier molecular flexibility index (Phi) is 6.13. The molecule has 0 radical (unpaired) electrons. The molecule has 2 aromatic carbocycles. The Balaban J connectivity index is 2.17. The van der Waals surface area contributed by atoms with Crippen molar-refractivity contribution < 1.29 is 14.6 Å². The summed E-state index contributed by atoms with van der Waals surface area (Å²) in [6, 6.07) is 17.2. The third kappa shape index (κ3) is 4.41. The quantitative estimate of drug-likeness (QED) is 0.854. The first-order valence-electron chi connectivity index (χ1n) is 7.26. The number of hydrogen-bond acceptors (Lipinski definition) is 3. The SMILES string of the molecule is COCc1cccc(C(=O)N(CCO)Cc2ccccc2)c1. The van der Waals surface area contributed by atoms with Crippen LogP contribution < -0.4 is 0 Å². The molecule has 0 aliphatic heterocycles. The van der Waals surface area contributed by atoms with E-state index < -0.39 is 0 Å². The molecule has 4 heteroatoms. The Morgan fingerprint density at radius 3 is 2.50 bits per heavy atom. The summed E-state index contributed by atoms with van der Waals surface area (Å²) in [7, 11) is 1.63. The monoisotopic (exact) mass is 299 g/mol. The number of aliphatic hydroxyl groups is 1. The highest BCUT2D eigenvalue weighted by Crippen LogP contribution is 2.12. The van der Waals surface area contributed by atoms with Gasteiger partial charge < -0.3 is 14.7 Å². The van der Waals surface area contributed by atoms with Gasteiger partial charge in [-0.1, -0.05) is 42.5 Å². The first-order chi connectivity index (χ1) is 10.7. The van der Waals surface area contributed by atoms with Gasteiger partial charge in [-0.05, 0) is 23.3 Å². The van der Waals surface area contributed by atoms with E-state index in [1.807, 2.05) is 48.5 Å². The number of hydrogen-bond donors (Lipinski definition) is 1. The summed E-state index contributed by atoms with van der Waals surface area (Å²) in [5.41, 5.74) is 2.60. The molecule has 0 bridgehead atoms. The van der Waals surface area contributed by atoms with E-state index in [-0.39, 0.29) is 12.5 Å². The van der Waals surface area contributed by atoms with E-state index in [1.165, 1.54) is 0 Å². The van der Waals surface area contributed by atoms with Gasteiger partial charge in [-0.2, -0.15) is 0 Å². The number of ether oxygens (including phenoxy) is 1. The van der Waals surface area contributed by atoms with Gasteiger partial charge in [-0.15, -0.1) is 0 Å². The third-order valence-corrected chi connectivity index (χ3v) is 3.36. The van der Waals surface area contributed by atoms with Crippen molar-refractivity contribution in [3.63, 3.8) is 0 Å². The van der Waals surface area contributed by atoms with Crippen LogP contribution in [-0.2, 0) is 17.9 Å². The van der Waals surface area contributed by atoms with Gasteiger partial charge in [0.1, 0.15) is 0 Å². The average Bonchev–Trinajstić information content (AvgIpc) is 2.55. The van der Waals surface area contributed by atoms with Crippen LogP contribution in [0.15, 0.2) is 54.6 Å². The van der Waals surface area contributed by atoms with Gasteiger partial charge in [-0.25, -0.2) is 0 Å². The maximum atomic E-state index is 12.7. The predicted octanol–water partition coefficient (Wildman–Crippen LogP) is 2.47. The highest BCUT2D eigenvalue weighted by Gasteiger charge is 2.16. The number of methoxy groups -OCH3 is 1. The Bertz CT molecular complexity index is 598. The standard InChI is InChI=1S/C18H21NO3/c1-22-14-16-8-5-9-17(12-16)18(21)19(10-11-20)13-15-6-3-2-4-7-15/h2-9,12,20H,10-11,13-14H2,1H3. The number of rotatable bonds is 7. The zero-order valence-corrected chi connectivity index (χ0v) is 12.7. The minimum absolute atomic E-state index is 0.0592. The van der Waals surface area contributed by atoms with E-state index in [2.05, 4.69) is 0 Å². The minimum Gasteiger partial charge on any atom is -0.395 e. The molecule has 0 fully saturated rings. The Labute approximate surface area is 131 Å². The van der Waals surface area contributed by atoms with Crippen molar-refractivity contribution in [2.45, 2.75) is 13.2 Å². The molecule has 1 N–H and O–H groups in total. The molecule has 116 valence electrons. The molecule has 0 saturated heterocycles. The molecule has 0 spiro atoms. The van der Waals surface area contributed by atoms with Crippen molar-refractivity contribution in [3.8, 4) is 0 Å². The van der Waals surface area contributed by atoms with Crippen molar-refractivity contribution in [3.05, 3.63) is 71.3 Å². The molecule has 0 aromatic heterocycles. The maximum absolute atomic E-state index is 12.7. The summed E-state index contributed by atoms with van der Waals surface area (Å²) in [6.45, 7) is 1.20. The van der Waals surface area contributed by atoms with Gasteiger partial charge in [0.05, 0.1) is 13.2 Å². The number of amides is 1. The van der Waals surface area contributed by atoms with Crippen molar-refractivity contribution in [2.75, 3.05) is 20.3 Å². The van der Waals surface area contributed by atoms with Gasteiger partial charge >= 0.3 is 0 Å². The normalized spacial score (nSPS) is 10.5. The number of aliphatic hydroxyl groups excluding tert-OH is 1. The van der Waals surface area contributed by atoms with Crippen LogP contribution in [0.3, 0.4) is 0 Å². The second kappa shape index (κ2) is 8.32. The van der Waals surface area contributed by atoms with Gasteiger partial charge in [0.2, 0.25) is 0 Å². The van der Waals surface area contributed by atoms with Gasteiger partial charge in [0.25, 0.3) is 5.91 Å². The predicted molar refractivity (Wildman–Crippen MR) is 85.4 cm³/mol. The van der Waals surface area contributed by atoms with Gasteiger partial charge in [0.15, 0.2) is 0 Å². The molecule has 0 saturated carbocycles. The Hall–Kier alpha value is -2.17. The van der Waals surface area contributed by atoms with E-state index in [9.17, 15) is 9.90 Å². The lowest BCUT2D eigenvalue weighted by atomic mass is 10.1. The molecule has 0 aliphatic carbocycles. The van der Waals surface area contributed by atoms with E-state index in [0.29, 0.717) is 25.3 Å². The first kappa shape index (κ1) is 16.2. The van der Waals surface area contributed by atoms with Crippen LogP contribution in [-0.4, -0.2) is 36.2 Å². The van der Waals surface area contributed by atoms with Crippen molar-refractivity contribution >= 4 is 5.91 Å². The van der Waals surface area contributed by atoms with Crippen LogP contribution in [0, 0.1) is 0 Å². The van der Waals surface area contributed by atoms with Crippen molar-refractivity contribution in [2.24, 2.45) is 0 Å². The van der Waals surface area contributed by atoms with Crippen molar-refractivity contribution in [1.29, 1.82) is 0 Å². The molecule has 1 amide bonds. The second-order valence-corrected chi connectivity index (χ2v) is 5.07. The summed E-state index contributed by atoms with van der Waals surface area (Å²) < 4.78 is 5.10. The Morgan fingerprint density at radius 1 is 1.09 bits per heavy atom. The molecule has 0 aliphatic rings. The highest BCUT2D eigenvalue weighted by molar-refractivity contribution is 5.94. The summed E-state index contributed by atoms with van der Waals surface area (Å²) in [4.78, 5) is 14.3. The fraction of sp³-hybridized carbons (Fsp3) is 0.278. The molecular formula is C18H21NO3. The molecule has 0 heterocycles. The summed E-state index contributed by atoms with van der Waals surface area (Å²) in [5, 5.41) is 9.24. The summed E-state index contributed by atoms with van der Waals surface area (Å²) in [5.74, 6) is -0.0872. The summed E-state index contributed by atoms with van der Waals surface area (Å²) in [6.07, 6.45) is 0. The third-order valence-electron chi connectivity index (χ3n) is 3.36. The first-order valence-corrected chi connectivity index (χ1v) is 7.26. The lowest BCUT2D eigenvalue weighted by Crippen LogP contribution is -2.33. The highest BCUT2D eigenvalue weighted by atomic mass is 16.5. The lowest BCUT2D eigenvalue weighted by molar-refractivity contribution is 0.0707. The zero-order valence-electron chi connectivity index (χ0n) is 12.7. The van der Waals surface area contributed by atoms with Crippen LogP contribution in [0.2, 0.25) is 0 Å². The number of nitrogens with zero attached hydrogens (tertiary/aromatic N) is 1. The van der Waals surface area contributed by atoms with Crippen LogP contribution in [0.1, 0.15) is 21.5 Å². The van der Waals surface area contributed by atoms with Crippen LogP contribution in [0.5, 0.6) is 0 Å². The maximum Gasteiger partial charge on any atom is 0.254 e. The van der Waals surface area contributed by atoms with Gasteiger partial charge in [-0.3, -0.25) is 4.79 Å². The number of carbonyl (C=O) groups excluding carboxylic acids is 1. The minimum atomic E-state index is -0.0872. The number of carbonyl (C=O) groups is 1. The molecule has 0 unspecified atom stereocenters. The smallest absolute Gasteiger partial charge is 0.254 e. The van der Waals surface area contributed by atoms with Crippen LogP contribution >= 0.6 is 0 Å². The number of benzene rings is 2. The Morgan fingerprint density at radius 2 is 1.82 bits per heavy atom. The average molecular weight is 299 g/mol. The fourth-order valence-electron chi connectivity index (χ4n) is 2.32. The molecule has 4 nitrogen and oxygen atoms in total. The lowest BCUT2D eigenvalue weighted by Gasteiger charge is -2.22. The topological polar surface area (TPSA) is 49.8 Å². The van der Waals surface area contributed by atoms with Crippen molar-refractivity contribution in [1.82, 2.24) is 4.90 Å². The van der Waals surface area contributed by atoms with E-state index in [1.54, 1.807) is 18.1 Å². The van der Waals surface area contributed by atoms with E-state index in [0.717, 1.165) is 11.1 Å². The van der Waals surface area contributed by atoms with Crippen LogP contribution in [0.25, 0.3) is 0 Å². The molecule has 2 rings (SSSR count). The molecule has 0 atom stereocenters. The second-order valence-electron chi connectivity index (χ2n) is 5.07. The molecule has 22 heavy (non-hydrogen) atoms.